The summed E-state index contributed by atoms with van der Waals surface area (Å²) in [6.07, 6.45) is 6.81. The molecule has 2 saturated carbocycles. The number of rotatable bonds is 1. The predicted octanol–water partition coefficient (Wildman–Crippen LogP) is 4.33. The molecule has 0 radical (unpaired) electrons. The number of esters is 1. The second kappa shape index (κ2) is 6.37. The van der Waals surface area contributed by atoms with Gasteiger partial charge in [-0.05, 0) is 68.6 Å². The van der Waals surface area contributed by atoms with Crippen LogP contribution in [0.2, 0.25) is 0 Å². The van der Waals surface area contributed by atoms with E-state index >= 15 is 4.39 Å². The first-order valence-electron chi connectivity index (χ1n) is 10.1. The maximum atomic E-state index is 15.3. The molecule has 2 fully saturated rings. The molecular formula is C21H31FO3. The average molecular weight is 350 g/mol. The molecule has 0 aromatic heterocycles. The lowest BCUT2D eigenvalue weighted by atomic mass is 9.56. The quantitative estimate of drug-likeness (QED) is 0.565. The molecule has 0 aromatic carbocycles. The fourth-order valence-corrected chi connectivity index (χ4v) is 6.63. The summed E-state index contributed by atoms with van der Waals surface area (Å²) < 4.78 is 20.7. The highest BCUT2D eigenvalue weighted by atomic mass is 19.1. The summed E-state index contributed by atoms with van der Waals surface area (Å²) >= 11 is 0. The fourth-order valence-electron chi connectivity index (χ4n) is 6.63. The van der Waals surface area contributed by atoms with E-state index in [9.17, 15) is 9.90 Å². The van der Waals surface area contributed by atoms with Gasteiger partial charge in [0.25, 0.3) is 0 Å². The van der Waals surface area contributed by atoms with Gasteiger partial charge in [-0.25, -0.2) is 4.39 Å². The Hall–Kier alpha value is -0.900. The van der Waals surface area contributed by atoms with E-state index in [2.05, 4.69) is 6.92 Å². The molecule has 0 aliphatic heterocycles. The van der Waals surface area contributed by atoms with Crippen molar-refractivity contribution in [3.8, 4) is 0 Å². The molecule has 3 nitrogen and oxygen atoms in total. The van der Waals surface area contributed by atoms with Crippen LogP contribution in [0.15, 0.2) is 11.1 Å². The number of carbonyl (C=O) groups is 1. The standard InChI is InChI=1S/C21H31FO3/c1-12(23)25-14-4-5-15-13(11-14)3-7-18(22)20-16(15)9-10-21(2)17(20)6-8-19(21)24/h14,16-20,24H,3-11H2,1-2H3. The van der Waals surface area contributed by atoms with E-state index in [1.807, 2.05) is 0 Å². The van der Waals surface area contributed by atoms with Gasteiger partial charge >= 0.3 is 5.97 Å². The molecule has 0 amide bonds. The van der Waals surface area contributed by atoms with Crippen molar-refractivity contribution in [2.24, 2.45) is 23.2 Å². The first-order chi connectivity index (χ1) is 11.9. The SMILES string of the molecule is CC(=O)OC1CCC2=C(CCC(F)C3C2CCC2(C)C(O)CCC32)C1. The number of hydrogen-bond donors (Lipinski definition) is 1. The highest BCUT2D eigenvalue weighted by molar-refractivity contribution is 5.66. The largest absolute Gasteiger partial charge is 0.462 e. The summed E-state index contributed by atoms with van der Waals surface area (Å²) in [7, 11) is 0. The molecule has 7 atom stereocenters. The number of alkyl halides is 1. The van der Waals surface area contributed by atoms with Gasteiger partial charge in [0.05, 0.1) is 6.10 Å². The molecular weight excluding hydrogens is 319 g/mol. The summed E-state index contributed by atoms with van der Waals surface area (Å²) in [6, 6.07) is 0. The molecule has 4 aliphatic rings. The number of allylic oxidation sites excluding steroid dienone is 1. The first-order valence-corrected chi connectivity index (χ1v) is 10.1. The first kappa shape index (κ1) is 17.5. The lowest BCUT2D eigenvalue weighted by Gasteiger charge is -2.49. The average Bonchev–Trinajstić information content (AvgIpc) is 2.78. The molecule has 4 rings (SSSR count). The van der Waals surface area contributed by atoms with Crippen molar-refractivity contribution in [2.45, 2.75) is 90.0 Å². The maximum Gasteiger partial charge on any atom is 0.302 e. The smallest absolute Gasteiger partial charge is 0.302 e. The van der Waals surface area contributed by atoms with E-state index < -0.39 is 6.17 Å². The Kier molecular flexibility index (Phi) is 4.46. The number of aliphatic hydroxyl groups excluding tert-OH is 1. The number of halogens is 1. The maximum absolute atomic E-state index is 15.3. The van der Waals surface area contributed by atoms with Crippen molar-refractivity contribution in [3.63, 3.8) is 0 Å². The zero-order valence-electron chi connectivity index (χ0n) is 15.5. The Morgan fingerprint density at radius 1 is 1.20 bits per heavy atom. The van der Waals surface area contributed by atoms with Crippen LogP contribution in [0.3, 0.4) is 0 Å². The Labute approximate surface area is 150 Å². The van der Waals surface area contributed by atoms with E-state index in [1.54, 1.807) is 0 Å². The van der Waals surface area contributed by atoms with Gasteiger partial charge in [-0.1, -0.05) is 18.1 Å². The molecule has 0 aromatic rings. The Balaban J connectivity index is 1.62. The summed E-state index contributed by atoms with van der Waals surface area (Å²) in [5.74, 6) is 0.523. The van der Waals surface area contributed by atoms with Gasteiger partial charge in [0.2, 0.25) is 0 Å². The zero-order chi connectivity index (χ0) is 17.8. The molecule has 0 spiro atoms. The topological polar surface area (TPSA) is 46.5 Å². The van der Waals surface area contributed by atoms with Crippen molar-refractivity contribution in [3.05, 3.63) is 11.1 Å². The summed E-state index contributed by atoms with van der Waals surface area (Å²) in [4.78, 5) is 11.3. The minimum absolute atomic E-state index is 0.0204. The van der Waals surface area contributed by atoms with Gasteiger partial charge in [-0.15, -0.1) is 0 Å². The number of fused-ring (bicyclic) bond motifs is 4. The van der Waals surface area contributed by atoms with Crippen LogP contribution in [-0.2, 0) is 9.53 Å². The number of ether oxygens (including phenoxy) is 1. The minimum Gasteiger partial charge on any atom is -0.462 e. The van der Waals surface area contributed by atoms with Crippen LogP contribution < -0.4 is 0 Å². The number of aliphatic hydroxyl groups is 1. The molecule has 140 valence electrons. The highest BCUT2D eigenvalue weighted by Gasteiger charge is 2.56. The van der Waals surface area contributed by atoms with Crippen LogP contribution in [-0.4, -0.2) is 29.5 Å². The van der Waals surface area contributed by atoms with Gasteiger partial charge < -0.3 is 9.84 Å². The third-order valence-corrected chi connectivity index (χ3v) is 7.87. The van der Waals surface area contributed by atoms with Crippen LogP contribution >= 0.6 is 0 Å². The summed E-state index contributed by atoms with van der Waals surface area (Å²) in [5.41, 5.74) is 2.76. The molecule has 1 N–H and O–H groups in total. The molecule has 4 heteroatoms. The van der Waals surface area contributed by atoms with Crippen LogP contribution in [0.25, 0.3) is 0 Å². The molecule has 7 unspecified atom stereocenters. The Morgan fingerprint density at radius 2 is 2.00 bits per heavy atom. The van der Waals surface area contributed by atoms with E-state index in [0.717, 1.165) is 51.4 Å². The molecule has 0 saturated heterocycles. The zero-order valence-corrected chi connectivity index (χ0v) is 15.5. The van der Waals surface area contributed by atoms with Crippen LogP contribution in [0, 0.1) is 23.2 Å². The fraction of sp³-hybridized carbons (Fsp3) is 0.857. The molecule has 0 bridgehead atoms. The van der Waals surface area contributed by atoms with Gasteiger partial charge in [-0.3, -0.25) is 4.79 Å². The van der Waals surface area contributed by atoms with Crippen molar-refractivity contribution in [1.29, 1.82) is 0 Å². The van der Waals surface area contributed by atoms with Gasteiger partial charge in [0.15, 0.2) is 0 Å². The van der Waals surface area contributed by atoms with Gasteiger partial charge in [-0.2, -0.15) is 0 Å². The van der Waals surface area contributed by atoms with Crippen LogP contribution in [0.1, 0.15) is 71.6 Å². The van der Waals surface area contributed by atoms with Crippen molar-refractivity contribution < 1.29 is 19.0 Å². The summed E-state index contributed by atoms with van der Waals surface area (Å²) in [5, 5.41) is 10.5. The second-order valence-electron chi connectivity index (χ2n) is 9.09. The Morgan fingerprint density at radius 3 is 2.76 bits per heavy atom. The Bertz CT molecular complexity index is 586. The highest BCUT2D eigenvalue weighted by Crippen LogP contribution is 2.60. The number of hydrogen-bond acceptors (Lipinski definition) is 3. The van der Waals surface area contributed by atoms with Crippen LogP contribution in [0.4, 0.5) is 4.39 Å². The molecule has 0 heterocycles. The third kappa shape index (κ3) is 2.85. The van der Waals surface area contributed by atoms with E-state index in [0.29, 0.717) is 18.3 Å². The molecule has 4 aliphatic carbocycles. The van der Waals surface area contributed by atoms with E-state index in [1.165, 1.54) is 18.1 Å². The van der Waals surface area contributed by atoms with Gasteiger partial charge in [0.1, 0.15) is 12.3 Å². The van der Waals surface area contributed by atoms with Crippen molar-refractivity contribution in [2.75, 3.05) is 0 Å². The second-order valence-corrected chi connectivity index (χ2v) is 9.09. The number of carbonyl (C=O) groups excluding carboxylic acids is 1. The minimum atomic E-state index is -0.766. The van der Waals surface area contributed by atoms with Gasteiger partial charge in [0, 0.05) is 19.3 Å². The van der Waals surface area contributed by atoms with Crippen molar-refractivity contribution in [1.82, 2.24) is 0 Å². The van der Waals surface area contributed by atoms with E-state index in [4.69, 9.17) is 4.74 Å². The normalized spacial score (nSPS) is 46.7. The lowest BCUT2D eigenvalue weighted by molar-refractivity contribution is -0.146. The van der Waals surface area contributed by atoms with E-state index in [-0.39, 0.29) is 29.5 Å². The predicted molar refractivity (Wildman–Crippen MR) is 93.6 cm³/mol. The lowest BCUT2D eigenvalue weighted by Crippen LogP contribution is -2.46. The summed E-state index contributed by atoms with van der Waals surface area (Å²) in [6.45, 7) is 3.66. The van der Waals surface area contributed by atoms with Crippen LogP contribution in [0.5, 0.6) is 0 Å². The molecule has 25 heavy (non-hydrogen) atoms. The monoisotopic (exact) mass is 350 g/mol. The third-order valence-electron chi connectivity index (χ3n) is 7.87. The van der Waals surface area contributed by atoms with Crippen molar-refractivity contribution >= 4 is 5.97 Å².